The number of hydrogen-bond acceptors (Lipinski definition) is 5. The number of hydrogen-bond donors (Lipinski definition) is 3. The van der Waals surface area contributed by atoms with Gasteiger partial charge < -0.3 is 20.3 Å². The molecule has 2 rings (SSSR count). The molecule has 7 nitrogen and oxygen atoms in total. The minimum Gasteiger partial charge on any atom is -0.394 e. The lowest BCUT2D eigenvalue weighted by Crippen LogP contribution is -2.45. The lowest BCUT2D eigenvalue weighted by atomic mass is 10.2. The fourth-order valence-corrected chi connectivity index (χ4v) is 1.64. The molecule has 0 radical (unpaired) electrons. The van der Waals surface area contributed by atoms with Crippen molar-refractivity contribution in [2.75, 3.05) is 11.9 Å². The summed E-state index contributed by atoms with van der Waals surface area (Å²) in [5.74, 6) is -0.867. The maximum absolute atomic E-state index is 11.9. The predicted octanol–water partition coefficient (Wildman–Crippen LogP) is 0.804. The first kappa shape index (κ1) is 15.5. The fourth-order valence-electron chi connectivity index (χ4n) is 1.64. The molecule has 22 heavy (non-hydrogen) atoms. The minimum absolute atomic E-state index is 0.206. The first-order chi connectivity index (χ1) is 10.7. The smallest absolute Gasteiger partial charge is 0.250 e. The highest BCUT2D eigenvalue weighted by molar-refractivity contribution is 5.99. The van der Waals surface area contributed by atoms with Gasteiger partial charge in [-0.1, -0.05) is 35.5 Å². The topological polar surface area (TPSA) is 104 Å². The van der Waals surface area contributed by atoms with Crippen LogP contribution in [0.3, 0.4) is 0 Å². The number of carbonyl (C=O) groups is 2. The standard InChI is InChI=1S/C15H15N3O4/c19-10-12(15(21)17-13-8-9-22-18-13)16-14(20)7-6-11-4-2-1-3-5-11/h1-9,12,19H,10H2,(H,16,20)(H,17,18,21). The van der Waals surface area contributed by atoms with E-state index in [2.05, 4.69) is 20.3 Å². The predicted molar refractivity (Wildman–Crippen MR) is 79.6 cm³/mol. The van der Waals surface area contributed by atoms with Crippen LogP contribution < -0.4 is 10.6 Å². The van der Waals surface area contributed by atoms with Crippen LogP contribution in [0.4, 0.5) is 5.82 Å². The van der Waals surface area contributed by atoms with Gasteiger partial charge in [0.05, 0.1) is 6.61 Å². The largest absolute Gasteiger partial charge is 0.394 e. The highest BCUT2D eigenvalue weighted by atomic mass is 16.5. The molecular weight excluding hydrogens is 286 g/mol. The van der Waals surface area contributed by atoms with E-state index >= 15 is 0 Å². The molecule has 0 saturated carbocycles. The molecule has 0 fully saturated rings. The maximum atomic E-state index is 11.9. The van der Waals surface area contributed by atoms with Gasteiger partial charge in [0.2, 0.25) is 5.91 Å². The summed E-state index contributed by atoms with van der Waals surface area (Å²) in [6.07, 6.45) is 4.20. The Morgan fingerprint density at radius 2 is 2.05 bits per heavy atom. The molecule has 1 atom stereocenters. The minimum atomic E-state index is -1.08. The molecule has 0 aliphatic rings. The van der Waals surface area contributed by atoms with E-state index in [1.807, 2.05) is 30.3 Å². The van der Waals surface area contributed by atoms with E-state index in [1.54, 1.807) is 6.08 Å². The Kier molecular flexibility index (Phi) is 5.44. The Labute approximate surface area is 126 Å². The van der Waals surface area contributed by atoms with Gasteiger partial charge in [-0.25, -0.2) is 0 Å². The Morgan fingerprint density at radius 3 is 2.68 bits per heavy atom. The molecule has 114 valence electrons. The van der Waals surface area contributed by atoms with Gasteiger partial charge in [-0.2, -0.15) is 0 Å². The monoisotopic (exact) mass is 301 g/mol. The van der Waals surface area contributed by atoms with Gasteiger partial charge in [0.25, 0.3) is 5.91 Å². The van der Waals surface area contributed by atoms with Crippen molar-refractivity contribution in [1.29, 1.82) is 0 Å². The lowest BCUT2D eigenvalue weighted by Gasteiger charge is -2.13. The van der Waals surface area contributed by atoms with Crippen molar-refractivity contribution < 1.29 is 19.2 Å². The molecule has 0 saturated heterocycles. The van der Waals surface area contributed by atoms with Crippen LogP contribution in [0, 0.1) is 0 Å². The third-order valence-corrected chi connectivity index (χ3v) is 2.73. The maximum Gasteiger partial charge on any atom is 0.250 e. The fraction of sp³-hybridized carbons (Fsp3) is 0.133. The van der Waals surface area contributed by atoms with Crippen LogP contribution in [0.5, 0.6) is 0 Å². The molecular formula is C15H15N3O4. The molecule has 1 unspecified atom stereocenters. The van der Waals surface area contributed by atoms with Crippen LogP contribution in [0.25, 0.3) is 6.08 Å². The van der Waals surface area contributed by atoms with Crippen LogP contribution in [-0.2, 0) is 9.59 Å². The normalized spacial score (nSPS) is 12.0. The zero-order valence-corrected chi connectivity index (χ0v) is 11.6. The summed E-state index contributed by atoms with van der Waals surface area (Å²) in [5, 5.41) is 17.5. The highest BCUT2D eigenvalue weighted by Gasteiger charge is 2.19. The van der Waals surface area contributed by atoms with E-state index in [1.165, 1.54) is 18.4 Å². The second kappa shape index (κ2) is 7.75. The molecule has 0 aliphatic heterocycles. The molecule has 0 bridgehead atoms. The van der Waals surface area contributed by atoms with Gasteiger partial charge in [-0.05, 0) is 11.6 Å². The van der Waals surface area contributed by atoms with Crippen LogP contribution in [-0.4, -0.2) is 34.7 Å². The van der Waals surface area contributed by atoms with Crippen LogP contribution in [0.1, 0.15) is 5.56 Å². The summed E-state index contributed by atoms with van der Waals surface area (Å²) < 4.78 is 4.57. The average Bonchev–Trinajstić information content (AvgIpc) is 3.04. The van der Waals surface area contributed by atoms with E-state index in [4.69, 9.17) is 0 Å². The Balaban J connectivity index is 1.90. The highest BCUT2D eigenvalue weighted by Crippen LogP contribution is 2.03. The zero-order valence-electron chi connectivity index (χ0n) is 11.6. The quantitative estimate of drug-likeness (QED) is 0.685. The SMILES string of the molecule is O=C(C=Cc1ccccc1)NC(CO)C(=O)Nc1ccon1. The number of aliphatic hydroxyl groups excluding tert-OH is 1. The summed E-state index contributed by atoms with van der Waals surface area (Å²) >= 11 is 0. The van der Waals surface area contributed by atoms with Crippen molar-refractivity contribution in [1.82, 2.24) is 10.5 Å². The first-order valence-corrected chi connectivity index (χ1v) is 6.55. The van der Waals surface area contributed by atoms with Gasteiger partial charge in [-0.15, -0.1) is 0 Å². The lowest BCUT2D eigenvalue weighted by molar-refractivity contribution is -0.124. The third-order valence-electron chi connectivity index (χ3n) is 2.73. The van der Waals surface area contributed by atoms with Gasteiger partial charge in [0.1, 0.15) is 12.3 Å². The number of amides is 2. The molecule has 0 aliphatic carbocycles. The summed E-state index contributed by atoms with van der Waals surface area (Å²) in [6.45, 7) is -0.533. The van der Waals surface area contributed by atoms with Crippen molar-refractivity contribution in [3.8, 4) is 0 Å². The van der Waals surface area contributed by atoms with Gasteiger partial charge in [0.15, 0.2) is 5.82 Å². The number of carbonyl (C=O) groups excluding carboxylic acids is 2. The Bertz CT molecular complexity index is 638. The van der Waals surface area contributed by atoms with E-state index in [0.29, 0.717) is 0 Å². The van der Waals surface area contributed by atoms with Crippen molar-refractivity contribution in [3.05, 3.63) is 54.3 Å². The first-order valence-electron chi connectivity index (χ1n) is 6.55. The second-order valence-corrected chi connectivity index (χ2v) is 4.36. The number of nitrogens with zero attached hydrogens (tertiary/aromatic N) is 1. The molecule has 1 heterocycles. The van der Waals surface area contributed by atoms with Gasteiger partial charge in [0, 0.05) is 12.1 Å². The average molecular weight is 301 g/mol. The van der Waals surface area contributed by atoms with Crippen molar-refractivity contribution in [2.45, 2.75) is 6.04 Å². The number of nitrogens with one attached hydrogen (secondary N) is 2. The summed E-state index contributed by atoms with van der Waals surface area (Å²) in [4.78, 5) is 23.6. The number of rotatable bonds is 6. The number of anilines is 1. The Morgan fingerprint density at radius 1 is 1.27 bits per heavy atom. The molecule has 1 aromatic heterocycles. The summed E-state index contributed by atoms with van der Waals surface area (Å²) in [6, 6.07) is 9.61. The number of benzene rings is 1. The molecule has 2 amide bonds. The van der Waals surface area contributed by atoms with Crippen molar-refractivity contribution in [2.24, 2.45) is 0 Å². The summed E-state index contributed by atoms with van der Waals surface area (Å²) in [7, 11) is 0. The summed E-state index contributed by atoms with van der Waals surface area (Å²) in [5.41, 5.74) is 0.852. The Hall–Kier alpha value is -2.93. The molecule has 3 N–H and O–H groups in total. The van der Waals surface area contributed by atoms with E-state index in [9.17, 15) is 14.7 Å². The van der Waals surface area contributed by atoms with Crippen LogP contribution in [0.2, 0.25) is 0 Å². The zero-order chi connectivity index (χ0) is 15.8. The van der Waals surface area contributed by atoms with Crippen molar-refractivity contribution >= 4 is 23.7 Å². The molecule has 7 heteroatoms. The van der Waals surface area contributed by atoms with Gasteiger partial charge >= 0.3 is 0 Å². The van der Waals surface area contributed by atoms with E-state index in [0.717, 1.165) is 5.56 Å². The molecule has 1 aromatic carbocycles. The molecule has 2 aromatic rings. The third kappa shape index (κ3) is 4.57. The molecule has 0 spiro atoms. The number of aromatic nitrogens is 1. The van der Waals surface area contributed by atoms with Crippen LogP contribution in [0.15, 0.2) is 53.3 Å². The van der Waals surface area contributed by atoms with Crippen LogP contribution >= 0.6 is 0 Å². The van der Waals surface area contributed by atoms with Crippen molar-refractivity contribution in [3.63, 3.8) is 0 Å². The van der Waals surface area contributed by atoms with E-state index < -0.39 is 24.5 Å². The van der Waals surface area contributed by atoms with Gasteiger partial charge in [-0.3, -0.25) is 9.59 Å². The van der Waals surface area contributed by atoms with E-state index in [-0.39, 0.29) is 5.82 Å². The second-order valence-electron chi connectivity index (χ2n) is 4.36. The number of aliphatic hydroxyl groups is 1.